The van der Waals surface area contributed by atoms with Crippen molar-refractivity contribution >= 4 is 22.8 Å². The average Bonchev–Trinajstić information content (AvgIpc) is 3.13. The van der Waals surface area contributed by atoms with Crippen molar-refractivity contribution in [3.63, 3.8) is 0 Å². The third kappa shape index (κ3) is 3.19. The van der Waals surface area contributed by atoms with Gasteiger partial charge in [0.2, 0.25) is 0 Å². The normalized spacial score (nSPS) is 14.5. The number of morpholine rings is 1. The number of fused-ring (bicyclic) bond motifs is 1. The Bertz CT molecular complexity index is 1050. The molecule has 4 rings (SSSR count). The fraction of sp³-hybridized carbons (Fsp3) is 0.316. The van der Waals surface area contributed by atoms with E-state index < -0.39 is 0 Å². The Morgan fingerprint density at radius 3 is 2.59 bits per heavy atom. The summed E-state index contributed by atoms with van der Waals surface area (Å²) in [4.78, 5) is 27.4. The number of amides is 1. The summed E-state index contributed by atoms with van der Waals surface area (Å²) in [7, 11) is 1.66. The molecular formula is C19H21N5O3. The number of carbonyl (C=O) groups excluding carboxylic acids is 1. The van der Waals surface area contributed by atoms with Crippen molar-refractivity contribution in [1.29, 1.82) is 0 Å². The summed E-state index contributed by atoms with van der Waals surface area (Å²) in [5, 5.41) is 7.03. The highest BCUT2D eigenvalue weighted by atomic mass is 16.5. The Balaban J connectivity index is 1.58. The second kappa shape index (κ2) is 6.88. The summed E-state index contributed by atoms with van der Waals surface area (Å²) in [6, 6.07) is 7.66. The Hall–Kier alpha value is -3.13. The van der Waals surface area contributed by atoms with Gasteiger partial charge in [-0.3, -0.25) is 9.59 Å². The number of carbonyl (C=O) groups is 1. The molecule has 1 fully saturated rings. The largest absolute Gasteiger partial charge is 0.378 e. The van der Waals surface area contributed by atoms with E-state index >= 15 is 0 Å². The molecule has 0 saturated carbocycles. The first kappa shape index (κ1) is 17.3. The van der Waals surface area contributed by atoms with Crippen molar-refractivity contribution in [2.75, 3.05) is 36.5 Å². The lowest BCUT2D eigenvalue weighted by atomic mass is 10.2. The Morgan fingerprint density at radius 1 is 1.19 bits per heavy atom. The van der Waals surface area contributed by atoms with Crippen LogP contribution < -0.4 is 15.8 Å². The van der Waals surface area contributed by atoms with Crippen LogP contribution in [-0.4, -0.2) is 46.4 Å². The fourth-order valence-electron chi connectivity index (χ4n) is 3.32. The zero-order chi connectivity index (χ0) is 19.0. The molecule has 0 atom stereocenters. The van der Waals surface area contributed by atoms with Gasteiger partial charge in [0.15, 0.2) is 0 Å². The van der Waals surface area contributed by atoms with Crippen LogP contribution in [0.15, 0.2) is 41.5 Å². The summed E-state index contributed by atoms with van der Waals surface area (Å²) >= 11 is 0. The maximum Gasteiger partial charge on any atom is 0.277 e. The van der Waals surface area contributed by atoms with E-state index in [0.717, 1.165) is 37.7 Å². The molecule has 0 unspecified atom stereocenters. The van der Waals surface area contributed by atoms with Crippen molar-refractivity contribution in [3.05, 3.63) is 58.3 Å². The van der Waals surface area contributed by atoms with Crippen molar-refractivity contribution in [2.45, 2.75) is 6.92 Å². The molecule has 140 valence electrons. The molecule has 0 radical (unpaired) electrons. The molecule has 1 aliphatic heterocycles. The maximum absolute atomic E-state index is 12.7. The molecule has 1 aliphatic rings. The first-order valence-corrected chi connectivity index (χ1v) is 8.82. The van der Waals surface area contributed by atoms with E-state index in [1.165, 1.54) is 15.3 Å². The number of ether oxygens (including phenoxy) is 1. The van der Waals surface area contributed by atoms with Crippen LogP contribution in [0.3, 0.4) is 0 Å². The highest BCUT2D eigenvalue weighted by Gasteiger charge is 2.18. The fourth-order valence-corrected chi connectivity index (χ4v) is 3.32. The third-order valence-electron chi connectivity index (χ3n) is 4.75. The number of anilines is 2. The number of hydrogen-bond acceptors (Lipinski definition) is 5. The monoisotopic (exact) mass is 367 g/mol. The van der Waals surface area contributed by atoms with Gasteiger partial charge < -0.3 is 19.5 Å². The van der Waals surface area contributed by atoms with Crippen molar-refractivity contribution in [2.24, 2.45) is 7.05 Å². The molecule has 3 aromatic rings. The summed E-state index contributed by atoms with van der Waals surface area (Å²) in [6.07, 6.45) is 3.12. The second-order valence-corrected chi connectivity index (χ2v) is 6.61. The van der Waals surface area contributed by atoms with Crippen LogP contribution in [0.25, 0.3) is 5.52 Å². The Labute approximate surface area is 156 Å². The van der Waals surface area contributed by atoms with E-state index in [1.807, 2.05) is 31.2 Å². The lowest BCUT2D eigenvalue weighted by Gasteiger charge is -2.28. The smallest absolute Gasteiger partial charge is 0.277 e. The van der Waals surface area contributed by atoms with E-state index in [2.05, 4.69) is 15.3 Å². The Kier molecular flexibility index (Phi) is 4.41. The van der Waals surface area contributed by atoms with Crippen LogP contribution >= 0.6 is 0 Å². The highest BCUT2D eigenvalue weighted by Crippen LogP contribution is 2.20. The van der Waals surface area contributed by atoms with Crippen LogP contribution in [0.4, 0.5) is 11.4 Å². The van der Waals surface area contributed by atoms with Crippen molar-refractivity contribution in [3.8, 4) is 0 Å². The SMILES string of the molecule is Cc1cn(C)c(=O)c2c(C(=O)Nc3ccc(N4CCOCC4)cc3)cnn12. The molecule has 1 saturated heterocycles. The second-order valence-electron chi connectivity index (χ2n) is 6.61. The third-order valence-corrected chi connectivity index (χ3v) is 4.75. The van der Waals surface area contributed by atoms with Gasteiger partial charge >= 0.3 is 0 Å². The van der Waals surface area contributed by atoms with Gasteiger partial charge in [0.25, 0.3) is 11.5 Å². The van der Waals surface area contributed by atoms with Crippen molar-refractivity contribution in [1.82, 2.24) is 14.2 Å². The minimum absolute atomic E-state index is 0.258. The number of nitrogens with one attached hydrogen (secondary N) is 1. The molecular weight excluding hydrogens is 346 g/mol. The molecule has 0 aliphatic carbocycles. The van der Waals surface area contributed by atoms with Gasteiger partial charge in [-0.1, -0.05) is 0 Å². The number of aryl methyl sites for hydroxylation is 2. The molecule has 8 heteroatoms. The van der Waals surface area contributed by atoms with Gasteiger partial charge in [-0.05, 0) is 31.2 Å². The Morgan fingerprint density at radius 2 is 1.89 bits per heavy atom. The zero-order valence-corrected chi connectivity index (χ0v) is 15.3. The minimum atomic E-state index is -0.355. The molecule has 2 aromatic heterocycles. The number of benzene rings is 1. The zero-order valence-electron chi connectivity index (χ0n) is 15.3. The molecule has 1 aromatic carbocycles. The van der Waals surface area contributed by atoms with Gasteiger partial charge in [-0.15, -0.1) is 0 Å². The molecule has 0 bridgehead atoms. The minimum Gasteiger partial charge on any atom is -0.378 e. The van der Waals surface area contributed by atoms with Gasteiger partial charge in [0.1, 0.15) is 5.52 Å². The number of nitrogens with zero attached hydrogens (tertiary/aromatic N) is 4. The van der Waals surface area contributed by atoms with Crippen LogP contribution in [0.2, 0.25) is 0 Å². The molecule has 1 N–H and O–H groups in total. The van der Waals surface area contributed by atoms with Crippen LogP contribution in [0.1, 0.15) is 16.1 Å². The molecule has 8 nitrogen and oxygen atoms in total. The van der Waals surface area contributed by atoms with E-state index in [9.17, 15) is 9.59 Å². The van der Waals surface area contributed by atoms with Gasteiger partial charge in [-0.25, -0.2) is 4.52 Å². The van der Waals surface area contributed by atoms with Crippen LogP contribution in [0.5, 0.6) is 0 Å². The van der Waals surface area contributed by atoms with Crippen LogP contribution in [-0.2, 0) is 11.8 Å². The maximum atomic E-state index is 12.7. The lowest BCUT2D eigenvalue weighted by Crippen LogP contribution is -2.36. The predicted molar refractivity (Wildman–Crippen MR) is 103 cm³/mol. The van der Waals surface area contributed by atoms with E-state index in [-0.39, 0.29) is 22.5 Å². The molecule has 0 spiro atoms. The number of rotatable bonds is 3. The highest BCUT2D eigenvalue weighted by molar-refractivity contribution is 6.08. The van der Waals surface area contributed by atoms with E-state index in [0.29, 0.717) is 5.69 Å². The first-order valence-electron chi connectivity index (χ1n) is 8.82. The summed E-state index contributed by atoms with van der Waals surface area (Å²) in [5.41, 5.74) is 2.82. The lowest BCUT2D eigenvalue weighted by molar-refractivity contribution is 0.102. The van der Waals surface area contributed by atoms with E-state index in [1.54, 1.807) is 13.2 Å². The molecule has 3 heterocycles. The summed E-state index contributed by atoms with van der Waals surface area (Å²) in [5.74, 6) is -0.355. The summed E-state index contributed by atoms with van der Waals surface area (Å²) < 4.78 is 8.32. The average molecular weight is 367 g/mol. The standard InChI is InChI=1S/C19H21N5O3/c1-13-12-22(2)19(26)17-16(11-20-24(13)17)18(25)21-14-3-5-15(6-4-14)23-7-9-27-10-8-23/h3-6,11-12H,7-10H2,1-2H3,(H,21,25). The summed E-state index contributed by atoms with van der Waals surface area (Å²) in [6.45, 7) is 5.00. The van der Waals surface area contributed by atoms with Gasteiger partial charge in [0, 0.05) is 37.7 Å². The number of hydrogen-bond donors (Lipinski definition) is 1. The quantitative estimate of drug-likeness (QED) is 0.757. The number of aromatic nitrogens is 3. The topological polar surface area (TPSA) is 80.9 Å². The van der Waals surface area contributed by atoms with E-state index in [4.69, 9.17) is 4.74 Å². The first-order chi connectivity index (χ1) is 13.0. The van der Waals surface area contributed by atoms with Crippen molar-refractivity contribution < 1.29 is 9.53 Å². The van der Waals surface area contributed by atoms with Gasteiger partial charge in [0.05, 0.1) is 30.7 Å². The predicted octanol–water partition coefficient (Wildman–Crippen LogP) is 1.43. The molecule has 27 heavy (non-hydrogen) atoms. The van der Waals surface area contributed by atoms with Crippen LogP contribution in [0, 0.1) is 6.92 Å². The van der Waals surface area contributed by atoms with Gasteiger partial charge in [-0.2, -0.15) is 5.10 Å². The molecule has 1 amide bonds.